The highest BCUT2D eigenvalue weighted by Crippen LogP contribution is 2.34. The fourth-order valence-corrected chi connectivity index (χ4v) is 3.31. The third-order valence-corrected chi connectivity index (χ3v) is 4.56. The van der Waals surface area contributed by atoms with Crippen LogP contribution in [0.4, 0.5) is 0 Å². The number of carbonyl (C=O) groups is 2. The van der Waals surface area contributed by atoms with Gasteiger partial charge in [0.25, 0.3) is 0 Å². The Balaban J connectivity index is 1.59. The number of ether oxygens (including phenoxy) is 1. The monoisotopic (exact) mass is 358 g/mol. The van der Waals surface area contributed by atoms with Crippen molar-refractivity contribution in [2.75, 3.05) is 19.7 Å². The van der Waals surface area contributed by atoms with Crippen molar-refractivity contribution < 1.29 is 19.4 Å². The van der Waals surface area contributed by atoms with Crippen molar-refractivity contribution >= 4 is 11.9 Å². The molecule has 2 heterocycles. The van der Waals surface area contributed by atoms with Gasteiger partial charge in [-0.15, -0.1) is 5.10 Å². The van der Waals surface area contributed by atoms with Crippen molar-refractivity contribution in [3.63, 3.8) is 0 Å². The molecule has 8 nitrogen and oxygen atoms in total. The number of amides is 1. The number of hydrogen-bond donors (Lipinski definition) is 1. The summed E-state index contributed by atoms with van der Waals surface area (Å²) < 4.78 is 7.16. The zero-order chi connectivity index (χ0) is 18.5. The SMILES string of the molecule is Cn1cc([C@@H]2CN(C(=O)CCOc3ccccc3)C[C@@H]2CC(=O)O)nn1. The Morgan fingerprint density at radius 2 is 2.04 bits per heavy atom. The summed E-state index contributed by atoms with van der Waals surface area (Å²) in [6.45, 7) is 1.16. The molecule has 138 valence electrons. The van der Waals surface area contributed by atoms with Gasteiger partial charge in [-0.25, -0.2) is 0 Å². The van der Waals surface area contributed by atoms with Crippen LogP contribution in [0, 0.1) is 5.92 Å². The lowest BCUT2D eigenvalue weighted by Gasteiger charge is -2.16. The van der Waals surface area contributed by atoms with Gasteiger partial charge in [0, 0.05) is 32.3 Å². The molecule has 2 atom stereocenters. The van der Waals surface area contributed by atoms with Crippen molar-refractivity contribution in [3.8, 4) is 5.75 Å². The van der Waals surface area contributed by atoms with Gasteiger partial charge in [-0.2, -0.15) is 0 Å². The topological polar surface area (TPSA) is 97.5 Å². The third-order valence-electron chi connectivity index (χ3n) is 4.56. The highest BCUT2D eigenvalue weighted by atomic mass is 16.5. The number of hydrogen-bond acceptors (Lipinski definition) is 5. The van der Waals surface area contributed by atoms with Crippen LogP contribution in [0.2, 0.25) is 0 Å². The fraction of sp³-hybridized carbons (Fsp3) is 0.444. The van der Waals surface area contributed by atoms with Crippen LogP contribution in [0.3, 0.4) is 0 Å². The van der Waals surface area contributed by atoms with E-state index in [1.165, 1.54) is 0 Å². The van der Waals surface area contributed by atoms with Crippen molar-refractivity contribution in [1.29, 1.82) is 0 Å². The molecule has 0 spiro atoms. The zero-order valence-electron chi connectivity index (χ0n) is 14.6. The van der Waals surface area contributed by atoms with Gasteiger partial charge >= 0.3 is 5.97 Å². The maximum atomic E-state index is 12.5. The van der Waals surface area contributed by atoms with E-state index in [2.05, 4.69) is 10.3 Å². The highest BCUT2D eigenvalue weighted by molar-refractivity contribution is 5.77. The number of aromatic nitrogens is 3. The third kappa shape index (κ3) is 4.38. The van der Waals surface area contributed by atoms with Gasteiger partial charge in [-0.3, -0.25) is 14.3 Å². The summed E-state index contributed by atoms with van der Waals surface area (Å²) in [6.07, 6.45) is 2.04. The average Bonchev–Trinajstić information content (AvgIpc) is 3.21. The number of para-hydroxylation sites is 1. The molecular formula is C18H22N4O4. The van der Waals surface area contributed by atoms with Crippen LogP contribution in [-0.2, 0) is 16.6 Å². The van der Waals surface area contributed by atoms with E-state index in [0.717, 1.165) is 11.4 Å². The minimum Gasteiger partial charge on any atom is -0.493 e. The first-order valence-electron chi connectivity index (χ1n) is 8.56. The molecule has 1 saturated heterocycles. The number of rotatable bonds is 7. The lowest BCUT2D eigenvalue weighted by atomic mass is 9.91. The van der Waals surface area contributed by atoms with Crippen LogP contribution in [0.1, 0.15) is 24.5 Å². The molecule has 1 fully saturated rings. The number of carbonyl (C=O) groups excluding carboxylic acids is 1. The number of aliphatic carboxylic acids is 1. The summed E-state index contributed by atoms with van der Waals surface area (Å²) in [5.41, 5.74) is 0.731. The number of likely N-dealkylation sites (tertiary alicyclic amines) is 1. The molecule has 2 aromatic rings. The number of carboxylic acid groups (broad SMARTS) is 1. The number of aryl methyl sites for hydroxylation is 1. The molecule has 26 heavy (non-hydrogen) atoms. The normalized spacial score (nSPS) is 19.5. The van der Waals surface area contributed by atoms with Crippen LogP contribution in [0.25, 0.3) is 0 Å². The largest absolute Gasteiger partial charge is 0.493 e. The molecule has 0 radical (unpaired) electrons. The highest BCUT2D eigenvalue weighted by Gasteiger charge is 2.38. The zero-order valence-corrected chi connectivity index (χ0v) is 14.6. The summed E-state index contributed by atoms with van der Waals surface area (Å²) in [5, 5.41) is 17.2. The number of carboxylic acids is 1. The molecule has 1 aromatic heterocycles. The summed E-state index contributed by atoms with van der Waals surface area (Å²) in [6, 6.07) is 9.33. The van der Waals surface area contributed by atoms with Gasteiger partial charge < -0.3 is 14.7 Å². The Morgan fingerprint density at radius 3 is 2.69 bits per heavy atom. The number of nitrogens with zero attached hydrogens (tertiary/aromatic N) is 4. The van der Waals surface area contributed by atoms with Gasteiger partial charge in [0.1, 0.15) is 5.75 Å². The molecule has 1 aliphatic heterocycles. The lowest BCUT2D eigenvalue weighted by Crippen LogP contribution is -2.30. The molecule has 3 rings (SSSR count). The van der Waals surface area contributed by atoms with E-state index in [0.29, 0.717) is 19.7 Å². The van der Waals surface area contributed by atoms with Crippen LogP contribution in [0.5, 0.6) is 5.75 Å². The van der Waals surface area contributed by atoms with E-state index in [4.69, 9.17) is 4.74 Å². The minimum atomic E-state index is -0.870. The molecule has 0 bridgehead atoms. The predicted molar refractivity (Wildman–Crippen MR) is 92.6 cm³/mol. The molecule has 1 aliphatic rings. The molecule has 8 heteroatoms. The summed E-state index contributed by atoms with van der Waals surface area (Å²) >= 11 is 0. The van der Waals surface area contributed by atoms with E-state index in [1.807, 2.05) is 30.3 Å². The minimum absolute atomic E-state index is 0.00549. The van der Waals surface area contributed by atoms with Crippen molar-refractivity contribution in [3.05, 3.63) is 42.2 Å². The van der Waals surface area contributed by atoms with Gasteiger partial charge in [-0.05, 0) is 18.1 Å². The first-order valence-corrected chi connectivity index (χ1v) is 8.56. The Hall–Kier alpha value is -2.90. The fourth-order valence-electron chi connectivity index (χ4n) is 3.31. The van der Waals surface area contributed by atoms with E-state index in [1.54, 1.807) is 22.8 Å². The van der Waals surface area contributed by atoms with Gasteiger partial charge in [0.2, 0.25) is 5.91 Å². The van der Waals surface area contributed by atoms with E-state index < -0.39 is 5.97 Å². The Kier molecular flexibility index (Phi) is 5.50. The molecule has 0 unspecified atom stereocenters. The molecular weight excluding hydrogens is 336 g/mol. The van der Waals surface area contributed by atoms with Crippen molar-refractivity contribution in [2.45, 2.75) is 18.8 Å². The number of benzene rings is 1. The Morgan fingerprint density at radius 1 is 1.27 bits per heavy atom. The molecule has 1 N–H and O–H groups in total. The Bertz CT molecular complexity index is 762. The maximum Gasteiger partial charge on any atom is 0.303 e. The predicted octanol–water partition coefficient (Wildman–Crippen LogP) is 1.30. The second kappa shape index (κ2) is 7.99. The summed E-state index contributed by atoms with van der Waals surface area (Å²) in [4.78, 5) is 25.4. The molecule has 1 aromatic carbocycles. The summed E-state index contributed by atoms with van der Waals surface area (Å²) in [5.74, 6) is -0.460. The standard InChI is InChI=1S/C18H22N4O4/c1-21-12-16(19-20-21)15-11-22(10-13(15)9-18(24)25)17(23)7-8-26-14-5-3-2-4-6-14/h2-6,12-13,15H,7-11H2,1H3,(H,24,25)/t13-,15+/m0/s1. The van der Waals surface area contributed by atoms with Crippen LogP contribution >= 0.6 is 0 Å². The quantitative estimate of drug-likeness (QED) is 0.801. The van der Waals surface area contributed by atoms with Crippen LogP contribution < -0.4 is 4.74 Å². The van der Waals surface area contributed by atoms with Crippen LogP contribution in [0.15, 0.2) is 36.5 Å². The second-order valence-corrected chi connectivity index (χ2v) is 6.49. The molecule has 0 aliphatic carbocycles. The lowest BCUT2D eigenvalue weighted by molar-refractivity contribution is -0.138. The summed E-state index contributed by atoms with van der Waals surface area (Å²) in [7, 11) is 1.77. The first-order chi connectivity index (χ1) is 12.5. The van der Waals surface area contributed by atoms with Crippen molar-refractivity contribution in [1.82, 2.24) is 19.9 Å². The van der Waals surface area contributed by atoms with Crippen molar-refractivity contribution in [2.24, 2.45) is 13.0 Å². The molecule has 1 amide bonds. The first kappa shape index (κ1) is 17.9. The van der Waals surface area contributed by atoms with Gasteiger partial charge in [0.15, 0.2) is 0 Å². The smallest absolute Gasteiger partial charge is 0.303 e. The second-order valence-electron chi connectivity index (χ2n) is 6.49. The van der Waals surface area contributed by atoms with Gasteiger partial charge in [0.05, 0.1) is 25.1 Å². The average molecular weight is 358 g/mol. The van der Waals surface area contributed by atoms with E-state index in [9.17, 15) is 14.7 Å². The van der Waals surface area contributed by atoms with Crippen LogP contribution in [-0.4, -0.2) is 56.6 Å². The molecule has 0 saturated carbocycles. The maximum absolute atomic E-state index is 12.5. The van der Waals surface area contributed by atoms with E-state index in [-0.39, 0.29) is 30.6 Å². The Labute approximate surface area is 151 Å². The van der Waals surface area contributed by atoms with E-state index >= 15 is 0 Å². The van der Waals surface area contributed by atoms with Gasteiger partial charge in [-0.1, -0.05) is 23.4 Å².